The molecule has 2 heterocycles. The summed E-state index contributed by atoms with van der Waals surface area (Å²) in [6.45, 7) is 12.1. The third kappa shape index (κ3) is 6.97. The molecular formula is C31H47N3O6Si. The molecule has 2 N–H and O–H groups in total. The molecule has 1 saturated carbocycles. The highest BCUT2D eigenvalue weighted by molar-refractivity contribution is 6.74. The van der Waals surface area contributed by atoms with E-state index in [0.717, 1.165) is 37.0 Å². The minimum atomic E-state index is -2.18. The monoisotopic (exact) mass is 585 g/mol. The summed E-state index contributed by atoms with van der Waals surface area (Å²) in [7, 11) is -0.560. The maximum Gasteiger partial charge on any atom is 0.330 e. The minimum absolute atomic E-state index is 0.0305. The van der Waals surface area contributed by atoms with Gasteiger partial charge in [-0.15, -0.1) is 0 Å². The number of carbonyl (C=O) groups excluding carboxylic acids is 2. The lowest BCUT2D eigenvalue weighted by atomic mass is 10.1. The van der Waals surface area contributed by atoms with E-state index in [4.69, 9.17) is 9.16 Å². The molecule has 4 atom stereocenters. The minimum Gasteiger partial charge on any atom is -0.497 e. The number of hydrogen-bond donors (Lipinski definition) is 2. The van der Waals surface area contributed by atoms with Gasteiger partial charge in [0.05, 0.1) is 13.2 Å². The molecule has 10 heteroatoms. The van der Waals surface area contributed by atoms with Crippen molar-refractivity contribution in [3.8, 4) is 5.75 Å². The maximum absolute atomic E-state index is 14.2. The highest BCUT2D eigenvalue weighted by Gasteiger charge is 2.61. The fourth-order valence-electron chi connectivity index (χ4n) is 5.58. The molecule has 41 heavy (non-hydrogen) atoms. The van der Waals surface area contributed by atoms with Crippen LogP contribution in [0.5, 0.6) is 5.75 Å². The van der Waals surface area contributed by atoms with E-state index in [1.807, 2.05) is 41.3 Å². The van der Waals surface area contributed by atoms with Crippen LogP contribution in [0.4, 0.5) is 4.79 Å². The molecule has 1 aromatic rings. The quantitative estimate of drug-likeness (QED) is 0.352. The summed E-state index contributed by atoms with van der Waals surface area (Å²) in [6.07, 6.45) is 7.96. The molecule has 1 aliphatic carbocycles. The van der Waals surface area contributed by atoms with Crippen LogP contribution < -0.4 is 10.1 Å². The summed E-state index contributed by atoms with van der Waals surface area (Å²) in [5, 5.41) is 12.9. The normalized spacial score (nSPS) is 28.6. The summed E-state index contributed by atoms with van der Waals surface area (Å²) < 4.78 is 12.0. The molecule has 9 nitrogen and oxygen atoms in total. The predicted octanol–water partition coefficient (Wildman–Crippen LogP) is 5.17. The first-order valence-corrected chi connectivity index (χ1v) is 17.8. The van der Waals surface area contributed by atoms with Gasteiger partial charge in [-0.25, -0.2) is 9.59 Å². The van der Waals surface area contributed by atoms with Crippen molar-refractivity contribution in [2.75, 3.05) is 20.2 Å². The van der Waals surface area contributed by atoms with Crippen molar-refractivity contribution < 1.29 is 28.7 Å². The maximum atomic E-state index is 14.2. The number of methoxy groups -OCH3 is 1. The van der Waals surface area contributed by atoms with Gasteiger partial charge in [0.25, 0.3) is 0 Å². The van der Waals surface area contributed by atoms with E-state index in [2.05, 4.69) is 39.2 Å². The second kappa shape index (κ2) is 12.2. The summed E-state index contributed by atoms with van der Waals surface area (Å²) in [4.78, 5) is 43.8. The van der Waals surface area contributed by atoms with Crippen molar-refractivity contribution >= 4 is 26.2 Å². The molecule has 226 valence electrons. The highest BCUT2D eigenvalue weighted by Crippen LogP contribution is 2.46. The number of allylic oxidation sites excluding steroid dienone is 1. The van der Waals surface area contributed by atoms with Crippen molar-refractivity contribution in [2.45, 2.75) is 102 Å². The summed E-state index contributed by atoms with van der Waals surface area (Å²) >= 11 is 0. The Balaban J connectivity index is 1.64. The lowest BCUT2D eigenvalue weighted by Crippen LogP contribution is -2.55. The van der Waals surface area contributed by atoms with Crippen LogP contribution in [0.2, 0.25) is 18.1 Å². The summed E-state index contributed by atoms with van der Waals surface area (Å²) in [5.41, 5.74) is -0.344. The highest BCUT2D eigenvalue weighted by atomic mass is 28.4. The summed E-state index contributed by atoms with van der Waals surface area (Å²) in [6, 6.07) is 6.65. The first kappa shape index (κ1) is 31.1. The predicted molar refractivity (Wildman–Crippen MR) is 160 cm³/mol. The van der Waals surface area contributed by atoms with Crippen LogP contribution in [0.15, 0.2) is 36.4 Å². The second-order valence-corrected chi connectivity index (χ2v) is 18.1. The Morgan fingerprint density at radius 3 is 2.49 bits per heavy atom. The van der Waals surface area contributed by atoms with Crippen LogP contribution in [0.1, 0.15) is 64.9 Å². The molecule has 3 amide bonds. The Hall–Kier alpha value is -2.85. The number of urea groups is 1. The van der Waals surface area contributed by atoms with E-state index in [9.17, 15) is 19.5 Å². The van der Waals surface area contributed by atoms with Gasteiger partial charge in [-0.05, 0) is 61.5 Å². The van der Waals surface area contributed by atoms with Gasteiger partial charge in [0.2, 0.25) is 5.91 Å². The topological polar surface area (TPSA) is 108 Å². The Bertz CT molecular complexity index is 1150. The fraction of sp³-hybridized carbons (Fsp3) is 0.645. The van der Waals surface area contributed by atoms with Crippen LogP contribution in [0.3, 0.4) is 0 Å². The van der Waals surface area contributed by atoms with Gasteiger partial charge in [0.1, 0.15) is 17.3 Å². The van der Waals surface area contributed by atoms with E-state index < -0.39 is 31.8 Å². The van der Waals surface area contributed by atoms with Crippen LogP contribution in [-0.4, -0.2) is 79.0 Å². The van der Waals surface area contributed by atoms with E-state index in [1.165, 1.54) is 0 Å². The van der Waals surface area contributed by atoms with Gasteiger partial charge in [0, 0.05) is 32.0 Å². The molecule has 0 bridgehead atoms. The molecule has 0 aromatic heterocycles. The third-order valence-electron chi connectivity index (χ3n) is 9.29. The van der Waals surface area contributed by atoms with Gasteiger partial charge in [-0.3, -0.25) is 4.79 Å². The largest absolute Gasteiger partial charge is 0.497 e. The number of benzene rings is 1. The zero-order valence-electron chi connectivity index (χ0n) is 25.4. The van der Waals surface area contributed by atoms with Crippen LogP contribution in [0, 0.1) is 5.92 Å². The van der Waals surface area contributed by atoms with Crippen molar-refractivity contribution in [1.29, 1.82) is 0 Å². The van der Waals surface area contributed by atoms with E-state index in [0.29, 0.717) is 32.5 Å². The number of rotatable bonds is 6. The molecule has 3 aliphatic rings. The SMILES string of the molecule is COc1ccc(CN2CCCCC/C=C\[C@@H]3C[C@@]3(C(=O)O)NC(=O)[C@@H]3C[C@@H](O[Si](C)(C)C(C)(C)C)CN3C2=O)cc1. The molecule has 0 spiro atoms. The zero-order chi connectivity index (χ0) is 30.0. The number of nitrogens with zero attached hydrogens (tertiary/aromatic N) is 2. The number of carboxylic acid groups (broad SMARTS) is 1. The molecule has 1 saturated heterocycles. The number of ether oxygens (including phenoxy) is 1. The Morgan fingerprint density at radius 1 is 1.15 bits per heavy atom. The van der Waals surface area contributed by atoms with E-state index >= 15 is 0 Å². The fourth-order valence-corrected chi connectivity index (χ4v) is 6.94. The first-order chi connectivity index (χ1) is 19.3. The Kier molecular flexibility index (Phi) is 9.23. The second-order valence-electron chi connectivity index (χ2n) is 13.3. The van der Waals surface area contributed by atoms with Crippen LogP contribution >= 0.6 is 0 Å². The summed E-state index contributed by atoms with van der Waals surface area (Å²) in [5.74, 6) is -0.948. The Morgan fingerprint density at radius 2 is 1.85 bits per heavy atom. The lowest BCUT2D eigenvalue weighted by molar-refractivity contribution is -0.144. The van der Waals surface area contributed by atoms with Gasteiger partial charge < -0.3 is 29.4 Å². The number of carbonyl (C=O) groups is 3. The molecular weight excluding hydrogens is 538 g/mol. The number of nitrogens with one attached hydrogen (secondary N) is 1. The van der Waals surface area contributed by atoms with Gasteiger partial charge >= 0.3 is 12.0 Å². The van der Waals surface area contributed by atoms with Crippen molar-refractivity contribution in [3.05, 3.63) is 42.0 Å². The molecule has 4 rings (SSSR count). The molecule has 0 unspecified atom stereocenters. The number of amides is 3. The van der Waals surface area contributed by atoms with Crippen molar-refractivity contribution in [3.63, 3.8) is 0 Å². The standard InChI is InChI=1S/C31H47N3O6Si/c1-30(2,3)41(5,6)40-25-18-26-27(35)32-31(28(36)37)19-23(31)12-10-8-7-9-11-17-33(29(38)34(26)21-25)20-22-13-15-24(39-4)16-14-22/h10,12-16,23,25-26H,7-9,11,17-21H2,1-6H3,(H,32,35)(H,36,37)/b12-10-/t23-,25-,26+,31-/m1/s1. The van der Waals surface area contributed by atoms with Crippen molar-refractivity contribution in [1.82, 2.24) is 15.1 Å². The Labute approximate surface area is 245 Å². The van der Waals surface area contributed by atoms with Gasteiger partial charge in [-0.2, -0.15) is 0 Å². The average Bonchev–Trinajstić information content (AvgIpc) is 3.44. The van der Waals surface area contributed by atoms with E-state index in [-0.39, 0.29) is 23.1 Å². The zero-order valence-corrected chi connectivity index (χ0v) is 26.4. The van der Waals surface area contributed by atoms with Crippen molar-refractivity contribution in [2.24, 2.45) is 5.92 Å². The van der Waals surface area contributed by atoms with Crippen LogP contribution in [0.25, 0.3) is 0 Å². The number of aliphatic carboxylic acids is 1. The smallest absolute Gasteiger partial charge is 0.330 e. The first-order valence-electron chi connectivity index (χ1n) is 14.9. The van der Waals surface area contributed by atoms with Crippen LogP contribution in [-0.2, 0) is 20.6 Å². The number of carboxylic acids is 1. The molecule has 2 fully saturated rings. The average molecular weight is 586 g/mol. The number of fused-ring (bicyclic) bond motifs is 2. The molecule has 2 aliphatic heterocycles. The molecule has 0 radical (unpaired) electrons. The van der Waals surface area contributed by atoms with Gasteiger partial charge in [-0.1, -0.05) is 51.5 Å². The molecule has 1 aromatic carbocycles. The lowest BCUT2D eigenvalue weighted by Gasteiger charge is -2.38. The number of hydrogen-bond acceptors (Lipinski definition) is 5. The van der Waals surface area contributed by atoms with E-state index in [1.54, 1.807) is 12.0 Å². The van der Waals surface area contributed by atoms with Gasteiger partial charge in [0.15, 0.2) is 8.32 Å². The third-order valence-corrected chi connectivity index (χ3v) is 13.8.